The molecular formula is C12H12FN3O2. The molecule has 1 aromatic heterocycles. The smallest absolute Gasteiger partial charge is 0.254 e. The number of nitrogens with one attached hydrogen (secondary N) is 2. The van der Waals surface area contributed by atoms with E-state index < -0.39 is 11.7 Å². The van der Waals surface area contributed by atoms with Crippen molar-refractivity contribution in [2.75, 3.05) is 7.11 Å². The first-order valence-corrected chi connectivity index (χ1v) is 5.30. The minimum absolute atomic E-state index is 0.0145. The van der Waals surface area contributed by atoms with Crippen LogP contribution in [0.4, 0.5) is 4.39 Å². The Kier molecular flexibility index (Phi) is 3.57. The third-order valence-electron chi connectivity index (χ3n) is 2.43. The van der Waals surface area contributed by atoms with E-state index in [4.69, 9.17) is 4.74 Å². The second kappa shape index (κ2) is 5.31. The van der Waals surface area contributed by atoms with Gasteiger partial charge in [-0.25, -0.2) is 4.39 Å². The van der Waals surface area contributed by atoms with Crippen LogP contribution < -0.4 is 10.1 Å². The van der Waals surface area contributed by atoms with Gasteiger partial charge >= 0.3 is 0 Å². The van der Waals surface area contributed by atoms with Gasteiger partial charge in [0, 0.05) is 24.4 Å². The fourth-order valence-corrected chi connectivity index (χ4v) is 1.46. The summed E-state index contributed by atoms with van der Waals surface area (Å²) in [6.07, 6.45) is 3.25. The first-order valence-electron chi connectivity index (χ1n) is 5.30. The van der Waals surface area contributed by atoms with E-state index >= 15 is 0 Å². The van der Waals surface area contributed by atoms with E-state index in [0.717, 1.165) is 5.56 Å². The van der Waals surface area contributed by atoms with Crippen molar-refractivity contribution in [1.29, 1.82) is 0 Å². The summed E-state index contributed by atoms with van der Waals surface area (Å²) in [6.45, 7) is 0.292. The topological polar surface area (TPSA) is 67.0 Å². The molecule has 0 unspecified atom stereocenters. The second-order valence-electron chi connectivity index (χ2n) is 3.64. The van der Waals surface area contributed by atoms with Crippen LogP contribution in [0.15, 0.2) is 30.6 Å². The molecule has 2 N–H and O–H groups in total. The van der Waals surface area contributed by atoms with Gasteiger partial charge in [0.05, 0.1) is 18.9 Å². The molecule has 94 valence electrons. The maximum atomic E-state index is 13.6. The van der Waals surface area contributed by atoms with Crippen LogP contribution in [0.3, 0.4) is 0 Å². The van der Waals surface area contributed by atoms with Crippen molar-refractivity contribution in [2.45, 2.75) is 6.54 Å². The molecule has 2 rings (SSSR count). The molecule has 6 heteroatoms. The van der Waals surface area contributed by atoms with Gasteiger partial charge in [0.2, 0.25) is 0 Å². The Balaban J connectivity index is 2.04. The van der Waals surface area contributed by atoms with Crippen LogP contribution in [0.1, 0.15) is 15.9 Å². The largest absolute Gasteiger partial charge is 0.497 e. The molecule has 0 bridgehead atoms. The summed E-state index contributed by atoms with van der Waals surface area (Å²) in [4.78, 5) is 11.7. The summed E-state index contributed by atoms with van der Waals surface area (Å²) in [6, 6.07) is 4.10. The van der Waals surface area contributed by atoms with E-state index in [2.05, 4.69) is 15.5 Å². The van der Waals surface area contributed by atoms with Crippen LogP contribution in [-0.4, -0.2) is 23.2 Å². The number of benzene rings is 1. The monoisotopic (exact) mass is 249 g/mol. The van der Waals surface area contributed by atoms with Gasteiger partial charge in [-0.1, -0.05) is 0 Å². The lowest BCUT2D eigenvalue weighted by Crippen LogP contribution is -2.23. The summed E-state index contributed by atoms with van der Waals surface area (Å²) >= 11 is 0. The van der Waals surface area contributed by atoms with Crippen LogP contribution in [0.5, 0.6) is 5.75 Å². The van der Waals surface area contributed by atoms with E-state index in [9.17, 15) is 9.18 Å². The molecule has 0 fully saturated rings. The highest BCUT2D eigenvalue weighted by Crippen LogP contribution is 2.16. The first-order chi connectivity index (χ1) is 8.70. The van der Waals surface area contributed by atoms with E-state index in [0.29, 0.717) is 12.3 Å². The zero-order valence-corrected chi connectivity index (χ0v) is 9.74. The lowest BCUT2D eigenvalue weighted by Gasteiger charge is -2.06. The molecule has 1 heterocycles. The zero-order valence-electron chi connectivity index (χ0n) is 9.74. The SMILES string of the molecule is COc1ccc(C(=O)NCc2cn[nH]c2)c(F)c1. The van der Waals surface area contributed by atoms with Crippen LogP contribution in [0.2, 0.25) is 0 Å². The Bertz CT molecular complexity index is 540. The van der Waals surface area contributed by atoms with Crippen molar-refractivity contribution in [3.63, 3.8) is 0 Å². The van der Waals surface area contributed by atoms with Crippen molar-refractivity contribution in [3.05, 3.63) is 47.5 Å². The van der Waals surface area contributed by atoms with Gasteiger partial charge in [-0.3, -0.25) is 9.89 Å². The van der Waals surface area contributed by atoms with Gasteiger partial charge in [-0.15, -0.1) is 0 Å². The van der Waals surface area contributed by atoms with Crippen LogP contribution >= 0.6 is 0 Å². The Hall–Kier alpha value is -2.37. The first kappa shape index (κ1) is 12.1. The number of carbonyl (C=O) groups excluding carboxylic acids is 1. The number of amides is 1. The number of methoxy groups -OCH3 is 1. The molecule has 0 saturated heterocycles. The number of rotatable bonds is 4. The molecule has 2 aromatic rings. The van der Waals surface area contributed by atoms with E-state index in [1.807, 2.05) is 0 Å². The molecule has 0 radical (unpaired) electrons. The van der Waals surface area contributed by atoms with Crippen molar-refractivity contribution < 1.29 is 13.9 Å². The van der Waals surface area contributed by atoms with Crippen LogP contribution in [0.25, 0.3) is 0 Å². The van der Waals surface area contributed by atoms with Crippen LogP contribution in [0, 0.1) is 5.82 Å². The number of hydrogen-bond acceptors (Lipinski definition) is 3. The highest BCUT2D eigenvalue weighted by atomic mass is 19.1. The summed E-state index contributed by atoms with van der Waals surface area (Å²) in [7, 11) is 1.44. The number of ether oxygens (including phenoxy) is 1. The Labute approximate surface area is 103 Å². The highest BCUT2D eigenvalue weighted by Gasteiger charge is 2.12. The van der Waals surface area contributed by atoms with E-state index in [1.165, 1.54) is 25.3 Å². The number of H-pyrrole nitrogens is 1. The van der Waals surface area contributed by atoms with E-state index in [-0.39, 0.29) is 5.56 Å². The van der Waals surface area contributed by atoms with Gasteiger partial charge in [0.25, 0.3) is 5.91 Å². The minimum Gasteiger partial charge on any atom is -0.497 e. The number of nitrogens with zero attached hydrogens (tertiary/aromatic N) is 1. The minimum atomic E-state index is -0.612. The van der Waals surface area contributed by atoms with Crippen molar-refractivity contribution in [1.82, 2.24) is 15.5 Å². The molecule has 1 amide bonds. The zero-order chi connectivity index (χ0) is 13.0. The van der Waals surface area contributed by atoms with Gasteiger partial charge < -0.3 is 10.1 Å². The Morgan fingerprint density at radius 2 is 2.39 bits per heavy atom. The molecular weight excluding hydrogens is 237 g/mol. The molecule has 18 heavy (non-hydrogen) atoms. The standard InChI is InChI=1S/C12H12FN3O2/c1-18-9-2-3-10(11(13)4-9)12(17)14-5-8-6-15-16-7-8/h2-4,6-7H,5H2,1H3,(H,14,17)(H,15,16). The Morgan fingerprint density at radius 1 is 1.56 bits per heavy atom. The fourth-order valence-electron chi connectivity index (χ4n) is 1.46. The second-order valence-corrected chi connectivity index (χ2v) is 3.64. The van der Waals surface area contributed by atoms with E-state index in [1.54, 1.807) is 12.4 Å². The number of aromatic amines is 1. The predicted molar refractivity (Wildman–Crippen MR) is 62.7 cm³/mol. The molecule has 1 aromatic carbocycles. The molecule has 0 saturated carbocycles. The average Bonchev–Trinajstić information content (AvgIpc) is 2.88. The lowest BCUT2D eigenvalue weighted by atomic mass is 10.2. The number of aromatic nitrogens is 2. The summed E-state index contributed by atoms with van der Waals surface area (Å²) in [5, 5.41) is 8.97. The molecule has 5 nitrogen and oxygen atoms in total. The molecule has 0 aliphatic heterocycles. The molecule has 0 aliphatic carbocycles. The maximum absolute atomic E-state index is 13.6. The Morgan fingerprint density at radius 3 is 3.00 bits per heavy atom. The maximum Gasteiger partial charge on any atom is 0.254 e. The van der Waals surface area contributed by atoms with Gasteiger partial charge in [-0.2, -0.15) is 5.10 Å². The normalized spacial score (nSPS) is 10.1. The van der Waals surface area contributed by atoms with Crippen molar-refractivity contribution in [2.24, 2.45) is 0 Å². The number of hydrogen-bond donors (Lipinski definition) is 2. The molecule has 0 spiro atoms. The quantitative estimate of drug-likeness (QED) is 0.862. The lowest BCUT2D eigenvalue weighted by molar-refractivity contribution is 0.0947. The number of halogens is 1. The number of carbonyl (C=O) groups is 1. The third kappa shape index (κ3) is 2.65. The average molecular weight is 249 g/mol. The van der Waals surface area contributed by atoms with Crippen LogP contribution in [-0.2, 0) is 6.54 Å². The highest BCUT2D eigenvalue weighted by molar-refractivity contribution is 5.94. The summed E-state index contributed by atoms with van der Waals surface area (Å²) in [5.41, 5.74) is 0.802. The van der Waals surface area contributed by atoms with Gasteiger partial charge in [0.1, 0.15) is 11.6 Å². The molecule has 0 atom stereocenters. The predicted octanol–water partition coefficient (Wildman–Crippen LogP) is 1.49. The summed E-state index contributed by atoms with van der Waals surface area (Å²) < 4.78 is 18.5. The fraction of sp³-hybridized carbons (Fsp3) is 0.167. The van der Waals surface area contributed by atoms with Crippen molar-refractivity contribution in [3.8, 4) is 5.75 Å². The molecule has 0 aliphatic rings. The van der Waals surface area contributed by atoms with Gasteiger partial charge in [0.15, 0.2) is 0 Å². The summed E-state index contributed by atoms with van der Waals surface area (Å²) in [5.74, 6) is -0.714. The third-order valence-corrected chi connectivity index (χ3v) is 2.43. The van der Waals surface area contributed by atoms with Gasteiger partial charge in [-0.05, 0) is 12.1 Å². The van der Waals surface area contributed by atoms with Crippen molar-refractivity contribution >= 4 is 5.91 Å².